The van der Waals surface area contributed by atoms with Gasteiger partial charge in [-0.2, -0.15) is 0 Å². The van der Waals surface area contributed by atoms with Gasteiger partial charge in [0.2, 0.25) is 5.91 Å². The first-order chi connectivity index (χ1) is 15.8. The monoisotopic (exact) mass is 505 g/mol. The highest BCUT2D eigenvalue weighted by molar-refractivity contribution is 6.36. The highest BCUT2D eigenvalue weighted by atomic mass is 35.5. The number of hydrogen-bond acceptors (Lipinski definition) is 5. The van der Waals surface area contributed by atoms with Gasteiger partial charge >= 0.3 is 5.97 Å². The zero-order valence-corrected chi connectivity index (χ0v) is 21.6. The van der Waals surface area contributed by atoms with Crippen LogP contribution in [0.15, 0.2) is 30.3 Å². The molecule has 1 heterocycles. The van der Waals surface area contributed by atoms with Crippen LogP contribution in [0.2, 0.25) is 10.0 Å². The summed E-state index contributed by atoms with van der Waals surface area (Å²) in [6.07, 6.45) is 0.468. The molecule has 0 spiro atoms. The summed E-state index contributed by atoms with van der Waals surface area (Å²) >= 11 is 12.5. The summed E-state index contributed by atoms with van der Waals surface area (Å²) in [5, 5.41) is 13.9. The first kappa shape index (κ1) is 25.8. The van der Waals surface area contributed by atoms with Crippen molar-refractivity contribution < 1.29 is 19.4 Å². The topological polar surface area (TPSA) is 93.5 Å². The zero-order chi connectivity index (χ0) is 25.4. The molecule has 3 aromatic rings. The number of amides is 1. The number of nitrogens with one attached hydrogen (secondary N) is 1. The van der Waals surface area contributed by atoms with Gasteiger partial charge in [-0.1, -0.05) is 37.0 Å². The molecule has 0 aliphatic heterocycles. The molecule has 2 N–H and O–H groups in total. The van der Waals surface area contributed by atoms with Crippen molar-refractivity contribution in [3.63, 3.8) is 0 Å². The van der Waals surface area contributed by atoms with Crippen LogP contribution in [0.4, 0.5) is 5.69 Å². The fourth-order valence-electron chi connectivity index (χ4n) is 3.75. The molecule has 0 saturated heterocycles. The lowest BCUT2D eigenvalue weighted by atomic mass is 10.0. The number of phenols is 1. The number of benzene rings is 2. The van der Waals surface area contributed by atoms with Crippen molar-refractivity contribution in [3.05, 3.63) is 40.4 Å². The number of carbonyl (C=O) groups is 2. The van der Waals surface area contributed by atoms with Crippen LogP contribution in [-0.4, -0.2) is 32.1 Å². The Bertz CT molecular complexity index is 1250. The molecule has 0 saturated carbocycles. The van der Waals surface area contributed by atoms with Gasteiger partial charge in [-0.3, -0.25) is 4.79 Å². The summed E-state index contributed by atoms with van der Waals surface area (Å²) in [4.78, 5) is 29.7. The van der Waals surface area contributed by atoms with Crippen LogP contribution in [0.25, 0.3) is 22.4 Å². The Morgan fingerprint density at radius 2 is 1.85 bits per heavy atom. The predicted molar refractivity (Wildman–Crippen MR) is 135 cm³/mol. The Morgan fingerprint density at radius 1 is 1.18 bits per heavy atom. The summed E-state index contributed by atoms with van der Waals surface area (Å²) in [6.45, 7) is 10.9. The van der Waals surface area contributed by atoms with E-state index in [0.29, 0.717) is 34.0 Å². The summed E-state index contributed by atoms with van der Waals surface area (Å²) in [7, 11) is 0. The molecule has 0 aliphatic carbocycles. The van der Waals surface area contributed by atoms with E-state index in [1.807, 2.05) is 34.6 Å². The number of imidazole rings is 1. The molecular formula is C25H29Cl2N3O4. The first-order valence-electron chi connectivity index (χ1n) is 11.0. The van der Waals surface area contributed by atoms with Crippen molar-refractivity contribution in [1.29, 1.82) is 0 Å². The Hall–Kier alpha value is -2.77. The predicted octanol–water partition coefficient (Wildman–Crippen LogP) is 6.60. The Labute approximate surface area is 209 Å². The number of halogens is 2. The second kappa shape index (κ2) is 9.84. The summed E-state index contributed by atoms with van der Waals surface area (Å²) in [6, 6.07) is 7.47. The van der Waals surface area contributed by atoms with Crippen molar-refractivity contribution in [3.8, 4) is 17.1 Å². The number of hydrogen-bond donors (Lipinski definition) is 2. The minimum atomic E-state index is -0.733. The third-order valence-corrected chi connectivity index (χ3v) is 5.47. The second-order valence-corrected chi connectivity index (χ2v) is 10.5. The first-order valence-corrected chi connectivity index (χ1v) is 11.7. The summed E-state index contributed by atoms with van der Waals surface area (Å²) in [5.74, 6) is -0.367. The second-order valence-electron chi connectivity index (χ2n) is 9.65. The van der Waals surface area contributed by atoms with Gasteiger partial charge < -0.3 is 19.7 Å². The van der Waals surface area contributed by atoms with Crippen molar-refractivity contribution in [2.45, 2.75) is 59.6 Å². The standard InChI is InChI=1S/C25H29Cl2N3O4/c1-13(2)9-21(24(33)34-25(4,5)6)30-20-8-7-16(28-14(3)31)12-19(20)29-23(30)17-10-15(26)11-18(27)22(17)32/h7-8,10-13,21,32H,9H2,1-6H3,(H,28,31). The van der Waals surface area contributed by atoms with E-state index in [9.17, 15) is 14.7 Å². The quantitative estimate of drug-likeness (QED) is 0.368. The average molecular weight is 506 g/mol. The molecule has 1 amide bonds. The van der Waals surface area contributed by atoms with Crippen molar-refractivity contribution in [1.82, 2.24) is 9.55 Å². The van der Waals surface area contributed by atoms with Crippen molar-refractivity contribution >= 4 is 51.8 Å². The van der Waals surface area contributed by atoms with E-state index in [0.717, 1.165) is 0 Å². The molecule has 0 radical (unpaired) electrons. The van der Waals surface area contributed by atoms with Crippen LogP contribution in [-0.2, 0) is 14.3 Å². The van der Waals surface area contributed by atoms with Gasteiger partial charge in [0.15, 0.2) is 0 Å². The Morgan fingerprint density at radius 3 is 2.44 bits per heavy atom. The lowest BCUT2D eigenvalue weighted by molar-refractivity contribution is -0.159. The van der Waals surface area contributed by atoms with E-state index in [-0.39, 0.29) is 28.2 Å². The van der Waals surface area contributed by atoms with E-state index < -0.39 is 17.6 Å². The smallest absolute Gasteiger partial charge is 0.329 e. The average Bonchev–Trinajstić information content (AvgIpc) is 3.05. The van der Waals surface area contributed by atoms with Crippen LogP contribution in [0.1, 0.15) is 54.0 Å². The van der Waals surface area contributed by atoms with Crippen molar-refractivity contribution in [2.24, 2.45) is 5.92 Å². The van der Waals surface area contributed by atoms with Gasteiger partial charge in [0, 0.05) is 17.6 Å². The number of aromatic nitrogens is 2. The van der Waals surface area contributed by atoms with Gasteiger partial charge in [0.05, 0.1) is 21.6 Å². The van der Waals surface area contributed by atoms with E-state index in [4.69, 9.17) is 32.9 Å². The number of anilines is 1. The molecule has 3 rings (SSSR count). The lowest BCUT2D eigenvalue weighted by Crippen LogP contribution is -2.31. The molecule has 182 valence electrons. The molecule has 7 nitrogen and oxygen atoms in total. The zero-order valence-electron chi connectivity index (χ0n) is 20.1. The normalized spacial score (nSPS) is 12.7. The Balaban J connectivity index is 2.33. The molecule has 9 heteroatoms. The van der Waals surface area contributed by atoms with Gasteiger partial charge in [0.25, 0.3) is 0 Å². The highest BCUT2D eigenvalue weighted by Crippen LogP contribution is 2.41. The van der Waals surface area contributed by atoms with E-state index >= 15 is 0 Å². The number of carbonyl (C=O) groups excluding carboxylic acids is 2. The largest absolute Gasteiger partial charge is 0.506 e. The number of ether oxygens (including phenoxy) is 1. The lowest BCUT2D eigenvalue weighted by Gasteiger charge is -2.27. The molecular weight excluding hydrogens is 477 g/mol. The molecule has 1 unspecified atom stereocenters. The summed E-state index contributed by atoms with van der Waals surface area (Å²) < 4.78 is 7.51. The van der Waals surface area contributed by atoms with E-state index in [1.165, 1.54) is 13.0 Å². The van der Waals surface area contributed by atoms with Crippen LogP contribution >= 0.6 is 23.2 Å². The number of phenolic OH excluding ortho intramolecular Hbond substituents is 1. The fraction of sp³-hybridized carbons (Fsp3) is 0.400. The molecule has 2 aromatic carbocycles. The molecule has 1 aromatic heterocycles. The number of rotatable bonds is 6. The van der Waals surface area contributed by atoms with E-state index in [1.54, 1.807) is 28.8 Å². The van der Waals surface area contributed by atoms with Crippen LogP contribution in [0, 0.1) is 5.92 Å². The maximum absolute atomic E-state index is 13.4. The van der Waals surface area contributed by atoms with Gasteiger partial charge in [-0.05, 0) is 63.4 Å². The molecule has 34 heavy (non-hydrogen) atoms. The number of fused-ring (bicyclic) bond motifs is 1. The fourth-order valence-corrected chi connectivity index (χ4v) is 4.24. The van der Waals surface area contributed by atoms with Gasteiger partial charge in [0.1, 0.15) is 23.2 Å². The van der Waals surface area contributed by atoms with E-state index in [2.05, 4.69) is 5.32 Å². The third kappa shape index (κ3) is 5.83. The summed E-state index contributed by atoms with van der Waals surface area (Å²) in [5.41, 5.74) is 1.31. The van der Waals surface area contributed by atoms with Gasteiger partial charge in [-0.15, -0.1) is 0 Å². The maximum atomic E-state index is 13.4. The van der Waals surface area contributed by atoms with Crippen LogP contribution in [0.3, 0.4) is 0 Å². The third-order valence-electron chi connectivity index (χ3n) is 4.96. The number of nitrogens with zero attached hydrogens (tertiary/aromatic N) is 2. The van der Waals surface area contributed by atoms with Crippen LogP contribution < -0.4 is 5.32 Å². The van der Waals surface area contributed by atoms with Crippen LogP contribution in [0.5, 0.6) is 5.75 Å². The SMILES string of the molecule is CC(=O)Nc1ccc2c(c1)nc(-c1cc(Cl)cc(Cl)c1O)n2C(CC(C)C)C(=O)OC(C)(C)C. The highest BCUT2D eigenvalue weighted by Gasteiger charge is 2.32. The number of esters is 1. The Kier molecular flexibility index (Phi) is 7.48. The number of aromatic hydroxyl groups is 1. The van der Waals surface area contributed by atoms with Crippen molar-refractivity contribution in [2.75, 3.05) is 5.32 Å². The molecule has 0 fully saturated rings. The molecule has 0 bridgehead atoms. The molecule has 1 atom stereocenters. The molecule has 0 aliphatic rings. The maximum Gasteiger partial charge on any atom is 0.329 e. The van der Waals surface area contributed by atoms with Gasteiger partial charge in [-0.25, -0.2) is 9.78 Å². The minimum Gasteiger partial charge on any atom is -0.506 e. The minimum absolute atomic E-state index is 0.0673.